The first-order chi connectivity index (χ1) is 28.1. The molecule has 1 aromatic carbocycles. The highest BCUT2D eigenvalue weighted by atomic mass is 32.2. The Hall–Kier alpha value is -4.61. The van der Waals surface area contributed by atoms with Crippen molar-refractivity contribution in [3.8, 4) is 11.6 Å². The second kappa shape index (κ2) is 18.6. The number of primary amides is 1. The predicted molar refractivity (Wildman–Crippen MR) is 217 cm³/mol. The van der Waals surface area contributed by atoms with Gasteiger partial charge < -0.3 is 30.2 Å². The molecule has 0 radical (unpaired) electrons. The molecule has 0 spiro atoms. The van der Waals surface area contributed by atoms with E-state index in [2.05, 4.69) is 15.0 Å². The van der Waals surface area contributed by atoms with E-state index in [1.807, 2.05) is 38.1 Å². The number of sulfonamides is 1. The van der Waals surface area contributed by atoms with Crippen LogP contribution in [0.5, 0.6) is 11.6 Å². The van der Waals surface area contributed by atoms with Crippen LogP contribution in [0.1, 0.15) is 99.3 Å². The first kappa shape index (κ1) is 46.5. The largest absolute Gasteiger partial charge is 0.492 e. The van der Waals surface area contributed by atoms with Gasteiger partial charge in [-0.3, -0.25) is 19.1 Å². The van der Waals surface area contributed by atoms with Crippen LogP contribution in [-0.2, 0) is 29.1 Å². The zero-order valence-corrected chi connectivity index (χ0v) is 35.9. The third kappa shape index (κ3) is 10.8. The second-order valence-corrected chi connectivity index (χ2v) is 19.4. The van der Waals surface area contributed by atoms with Gasteiger partial charge in [0, 0.05) is 23.1 Å². The number of nitrogens with zero attached hydrogens (tertiary/aromatic N) is 2. The molecule has 1 saturated heterocycles. The van der Waals surface area contributed by atoms with E-state index >= 15 is 0 Å². The van der Waals surface area contributed by atoms with Gasteiger partial charge in [0.25, 0.3) is 0 Å². The first-order valence-corrected chi connectivity index (χ1v) is 22.1. The van der Waals surface area contributed by atoms with Crippen LogP contribution in [0, 0.1) is 23.7 Å². The molecule has 2 heterocycles. The van der Waals surface area contributed by atoms with Gasteiger partial charge in [-0.2, -0.15) is 13.2 Å². The molecule has 1 aliphatic heterocycles. The smallest absolute Gasteiger partial charge is 0.427 e. The zero-order valence-electron chi connectivity index (χ0n) is 35.0. The number of amides is 4. The number of halogens is 3. The highest BCUT2D eigenvalue weighted by Crippen LogP contribution is 2.43. The van der Waals surface area contributed by atoms with E-state index in [1.165, 1.54) is 11.1 Å². The lowest BCUT2D eigenvalue weighted by Crippen LogP contribution is -2.56. The van der Waals surface area contributed by atoms with Crippen LogP contribution in [0.3, 0.4) is 0 Å². The number of benzene rings is 1. The molecule has 0 unspecified atom stereocenters. The topological polar surface area (TPSA) is 196 Å². The van der Waals surface area contributed by atoms with Crippen molar-refractivity contribution in [2.75, 3.05) is 13.2 Å². The standard InChI is InChI=1S/C42H58F3N5O9S/c1-7-57-33-23-47-37(31-16-9-8-15-30(31)33)58-28-22-32(35(46)51)50(24-28)38(53)34(48-39(54)59-40(4,5)42(43,44)45)26(3)13-10-12-25(2)18-19-27-14-11-17-29(27)36(52)49-60(55,56)41(6)20-21-41/h8-9,15-16,18-19,23,25-29,32,34H,7,10-14,17,20-22,24H2,1-6H3,(H2,46,51)(H,48,54)(H,49,52)/b19-18-/t25-,26+,27-,28+,29+,32-,34-/m0/s1. The molecule has 7 atom stereocenters. The molecule has 2 aromatic rings. The number of carbonyl (C=O) groups is 4. The van der Waals surface area contributed by atoms with E-state index in [0.717, 1.165) is 18.2 Å². The normalized spacial score (nSPS) is 23.2. The van der Waals surface area contributed by atoms with E-state index in [4.69, 9.17) is 19.9 Å². The number of aromatic nitrogens is 1. The summed E-state index contributed by atoms with van der Waals surface area (Å²) in [6.45, 7) is 8.81. The van der Waals surface area contributed by atoms with Gasteiger partial charge in [-0.1, -0.05) is 57.0 Å². The van der Waals surface area contributed by atoms with Crippen molar-refractivity contribution in [2.45, 2.75) is 134 Å². The number of pyridine rings is 1. The fraction of sp³-hybridized carbons (Fsp3) is 0.643. The summed E-state index contributed by atoms with van der Waals surface area (Å²) in [5.41, 5.74) is 2.91. The highest BCUT2D eigenvalue weighted by molar-refractivity contribution is 7.91. The summed E-state index contributed by atoms with van der Waals surface area (Å²) in [7, 11) is -3.74. The Balaban J connectivity index is 1.26. The van der Waals surface area contributed by atoms with E-state index in [9.17, 15) is 40.8 Å². The summed E-state index contributed by atoms with van der Waals surface area (Å²) in [6.07, 6.45) is 3.02. The summed E-state index contributed by atoms with van der Waals surface area (Å²) in [4.78, 5) is 58.8. The Morgan fingerprint density at radius 3 is 2.40 bits per heavy atom. The van der Waals surface area contributed by atoms with Crippen LogP contribution in [0.4, 0.5) is 18.0 Å². The van der Waals surface area contributed by atoms with Gasteiger partial charge in [-0.05, 0) is 90.0 Å². The van der Waals surface area contributed by atoms with E-state index in [0.29, 0.717) is 70.1 Å². The fourth-order valence-electron chi connectivity index (χ4n) is 7.81. The summed E-state index contributed by atoms with van der Waals surface area (Å²) < 4.78 is 84.5. The number of alkyl halides is 3. The van der Waals surface area contributed by atoms with Gasteiger partial charge in [-0.15, -0.1) is 0 Å². The number of likely N-dealkylation sites (tertiary alicyclic amines) is 1. The third-order valence-electron chi connectivity index (χ3n) is 12.1. The minimum Gasteiger partial charge on any atom is -0.492 e. The number of nitrogens with one attached hydrogen (secondary N) is 2. The molecule has 2 saturated carbocycles. The molecule has 0 bridgehead atoms. The Morgan fingerprint density at radius 2 is 1.77 bits per heavy atom. The maximum Gasteiger partial charge on any atom is 0.427 e. The van der Waals surface area contributed by atoms with Gasteiger partial charge in [0.15, 0.2) is 0 Å². The number of hydrogen-bond donors (Lipinski definition) is 3. The molecule has 4 amide bonds. The molecule has 5 rings (SSSR count). The molecule has 4 N–H and O–H groups in total. The molecule has 18 heteroatoms. The molecular formula is C42H58F3N5O9S. The van der Waals surface area contributed by atoms with Crippen molar-refractivity contribution in [1.29, 1.82) is 0 Å². The average Bonchev–Trinajstić information content (AvgIpc) is 3.55. The number of allylic oxidation sites excluding steroid dienone is 2. The average molecular weight is 866 g/mol. The maximum absolute atomic E-state index is 14.4. The van der Waals surface area contributed by atoms with Crippen molar-refractivity contribution in [2.24, 2.45) is 29.4 Å². The minimum atomic E-state index is -4.90. The van der Waals surface area contributed by atoms with Crippen molar-refractivity contribution in [3.63, 3.8) is 0 Å². The lowest BCUT2D eigenvalue weighted by Gasteiger charge is -2.33. The minimum absolute atomic E-state index is 0.000498. The molecule has 3 fully saturated rings. The number of nitrogens with two attached hydrogens (primary N) is 1. The van der Waals surface area contributed by atoms with Crippen molar-refractivity contribution in [3.05, 3.63) is 42.6 Å². The maximum atomic E-state index is 14.4. The monoisotopic (exact) mass is 865 g/mol. The van der Waals surface area contributed by atoms with Crippen molar-refractivity contribution >= 4 is 44.6 Å². The SMILES string of the molecule is CCOc1cnc(O[C@@H]2C[C@@H](C(N)=O)N(C(=O)[C@@H](NC(=O)OC(C)(C)C(F)(F)F)[C@H](C)CCC[C@H](C)/C=C\[C@@H]3CCC[C@H]3C(=O)NS(=O)(=O)C3(C)CC3)C2)c2ccccc12. The van der Waals surface area contributed by atoms with E-state index < -0.39 is 80.4 Å². The Labute approximate surface area is 349 Å². The fourth-order valence-corrected chi connectivity index (χ4v) is 9.11. The third-order valence-corrected chi connectivity index (χ3v) is 14.2. The number of fused-ring (bicyclic) bond motifs is 1. The van der Waals surface area contributed by atoms with Crippen molar-refractivity contribution in [1.82, 2.24) is 19.9 Å². The van der Waals surface area contributed by atoms with Gasteiger partial charge in [0.1, 0.15) is 23.9 Å². The van der Waals surface area contributed by atoms with Crippen LogP contribution in [0.15, 0.2) is 42.6 Å². The molecular weight excluding hydrogens is 808 g/mol. The molecule has 14 nitrogen and oxygen atoms in total. The van der Waals surface area contributed by atoms with Crippen LogP contribution in [0.25, 0.3) is 10.8 Å². The second-order valence-electron chi connectivity index (χ2n) is 17.2. The number of ether oxygens (including phenoxy) is 3. The van der Waals surface area contributed by atoms with Crippen molar-refractivity contribution < 1.29 is 55.0 Å². The molecule has 60 heavy (non-hydrogen) atoms. The van der Waals surface area contributed by atoms with Crippen LogP contribution < -0.4 is 25.2 Å². The zero-order chi connectivity index (χ0) is 44.2. The number of carbonyl (C=O) groups excluding carboxylic acids is 4. The lowest BCUT2D eigenvalue weighted by molar-refractivity contribution is -0.244. The number of hydrogen-bond acceptors (Lipinski definition) is 10. The summed E-state index contributed by atoms with van der Waals surface area (Å²) in [6, 6.07) is 4.73. The van der Waals surface area contributed by atoms with Gasteiger partial charge in [0.2, 0.25) is 39.2 Å². The number of alkyl carbamates (subject to hydrolysis) is 1. The quantitative estimate of drug-likeness (QED) is 0.143. The van der Waals surface area contributed by atoms with Crippen LogP contribution >= 0.6 is 0 Å². The molecule has 3 aliphatic rings. The molecule has 332 valence electrons. The Morgan fingerprint density at radius 1 is 1.08 bits per heavy atom. The molecule has 1 aromatic heterocycles. The van der Waals surface area contributed by atoms with Gasteiger partial charge in [0.05, 0.1) is 24.1 Å². The highest BCUT2D eigenvalue weighted by Gasteiger charge is 2.53. The van der Waals surface area contributed by atoms with Gasteiger partial charge in [-0.25, -0.2) is 18.2 Å². The first-order valence-electron chi connectivity index (χ1n) is 20.6. The summed E-state index contributed by atoms with van der Waals surface area (Å²) >= 11 is 0. The van der Waals surface area contributed by atoms with Gasteiger partial charge >= 0.3 is 12.3 Å². The summed E-state index contributed by atoms with van der Waals surface area (Å²) in [5.74, 6) is -2.46. The van der Waals surface area contributed by atoms with Crippen LogP contribution in [0.2, 0.25) is 0 Å². The van der Waals surface area contributed by atoms with E-state index in [-0.39, 0.29) is 30.7 Å². The Kier molecular flexibility index (Phi) is 14.4. The lowest BCUT2D eigenvalue weighted by atomic mass is 9.90. The van der Waals surface area contributed by atoms with Crippen LogP contribution in [-0.4, -0.2) is 90.0 Å². The van der Waals surface area contributed by atoms with E-state index in [1.54, 1.807) is 26.0 Å². The molecule has 2 aliphatic carbocycles. The predicted octanol–water partition coefficient (Wildman–Crippen LogP) is 6.32. The Bertz CT molecular complexity index is 2040. The summed E-state index contributed by atoms with van der Waals surface area (Å²) in [5, 5.41) is 3.75. The number of rotatable bonds is 18.